The van der Waals surface area contributed by atoms with Gasteiger partial charge in [-0.15, -0.1) is 0 Å². The molecule has 1 aromatic rings. The molecule has 29 heavy (non-hydrogen) atoms. The van der Waals surface area contributed by atoms with E-state index in [0.717, 1.165) is 18.5 Å². The number of pyridine rings is 1. The van der Waals surface area contributed by atoms with Crippen LogP contribution in [0, 0.1) is 11.8 Å². The highest BCUT2D eigenvalue weighted by Crippen LogP contribution is 2.35. The minimum atomic E-state index is -0.619. The fraction of sp³-hybridized carbons (Fsp3) is 0.682. The molecule has 2 aliphatic heterocycles. The Morgan fingerprint density at radius 1 is 1.24 bits per heavy atom. The van der Waals surface area contributed by atoms with E-state index < -0.39 is 17.7 Å². The van der Waals surface area contributed by atoms with Gasteiger partial charge in [0.15, 0.2) is 0 Å². The SMILES string of the molecule is CC[C@@H](C)[C@H](NC(=O)OC(C)(C)C)C(=O)N1C[C@H]2C[C@@H](C1)c1cccc(=O)n1C2. The largest absolute Gasteiger partial charge is 0.444 e. The van der Waals surface area contributed by atoms with Crippen molar-refractivity contribution in [2.75, 3.05) is 13.1 Å². The maximum absolute atomic E-state index is 13.4. The maximum Gasteiger partial charge on any atom is 0.408 e. The number of hydrogen-bond acceptors (Lipinski definition) is 4. The second-order valence-corrected chi connectivity index (χ2v) is 9.45. The molecule has 1 saturated heterocycles. The zero-order valence-electron chi connectivity index (χ0n) is 18.1. The highest BCUT2D eigenvalue weighted by molar-refractivity contribution is 5.86. The second kappa shape index (κ2) is 8.20. The highest BCUT2D eigenvalue weighted by Gasteiger charge is 2.39. The molecule has 3 heterocycles. The van der Waals surface area contributed by atoms with Crippen molar-refractivity contribution in [1.29, 1.82) is 0 Å². The number of alkyl carbamates (subject to hydrolysis) is 1. The molecule has 4 atom stereocenters. The molecule has 0 unspecified atom stereocenters. The number of amides is 2. The Morgan fingerprint density at radius 2 is 1.97 bits per heavy atom. The van der Waals surface area contributed by atoms with Gasteiger partial charge < -0.3 is 19.5 Å². The van der Waals surface area contributed by atoms with Gasteiger partial charge in [0.05, 0.1) is 0 Å². The quantitative estimate of drug-likeness (QED) is 0.838. The summed E-state index contributed by atoms with van der Waals surface area (Å²) in [6, 6.07) is 4.76. The van der Waals surface area contributed by atoms with Crippen LogP contribution in [0.5, 0.6) is 0 Å². The van der Waals surface area contributed by atoms with Gasteiger partial charge in [0.1, 0.15) is 11.6 Å². The summed E-state index contributed by atoms with van der Waals surface area (Å²) in [6.07, 6.45) is 1.19. The van der Waals surface area contributed by atoms with Crippen LogP contribution in [-0.4, -0.2) is 46.2 Å². The number of carbonyl (C=O) groups is 2. The molecule has 0 aromatic carbocycles. The smallest absolute Gasteiger partial charge is 0.408 e. The summed E-state index contributed by atoms with van der Waals surface area (Å²) < 4.78 is 7.23. The van der Waals surface area contributed by atoms with Crippen LogP contribution in [0.1, 0.15) is 59.1 Å². The number of aromatic nitrogens is 1. The summed E-state index contributed by atoms with van der Waals surface area (Å²) in [4.78, 5) is 39.8. The average Bonchev–Trinajstić information content (AvgIpc) is 2.64. The van der Waals surface area contributed by atoms with Crippen molar-refractivity contribution in [3.8, 4) is 0 Å². The first-order valence-electron chi connectivity index (χ1n) is 10.6. The Kier molecular flexibility index (Phi) is 6.05. The Morgan fingerprint density at radius 3 is 2.62 bits per heavy atom. The van der Waals surface area contributed by atoms with E-state index in [1.165, 1.54) is 0 Å². The summed E-state index contributed by atoms with van der Waals surface area (Å²) in [5, 5.41) is 2.81. The van der Waals surface area contributed by atoms with Crippen molar-refractivity contribution < 1.29 is 14.3 Å². The zero-order valence-corrected chi connectivity index (χ0v) is 18.1. The van der Waals surface area contributed by atoms with E-state index >= 15 is 0 Å². The zero-order chi connectivity index (χ0) is 21.3. The van der Waals surface area contributed by atoms with Crippen LogP contribution in [0.25, 0.3) is 0 Å². The topological polar surface area (TPSA) is 80.6 Å². The van der Waals surface area contributed by atoms with E-state index in [2.05, 4.69) is 5.32 Å². The number of hydrogen-bond donors (Lipinski definition) is 1. The summed E-state index contributed by atoms with van der Waals surface area (Å²) in [5.41, 5.74) is 0.416. The fourth-order valence-electron chi connectivity index (χ4n) is 4.39. The lowest BCUT2D eigenvalue weighted by atomic mass is 9.82. The predicted octanol–water partition coefficient (Wildman–Crippen LogP) is 2.73. The van der Waals surface area contributed by atoms with Crippen LogP contribution in [0.3, 0.4) is 0 Å². The molecule has 2 bridgehead atoms. The predicted molar refractivity (Wildman–Crippen MR) is 111 cm³/mol. The van der Waals surface area contributed by atoms with Crippen LogP contribution in [-0.2, 0) is 16.1 Å². The number of ether oxygens (including phenoxy) is 1. The van der Waals surface area contributed by atoms with Gasteiger partial charge in [-0.1, -0.05) is 26.3 Å². The fourth-order valence-corrected chi connectivity index (χ4v) is 4.39. The molecule has 1 fully saturated rings. The molecule has 7 nitrogen and oxygen atoms in total. The molecular formula is C22H33N3O4. The highest BCUT2D eigenvalue weighted by atomic mass is 16.6. The maximum atomic E-state index is 13.4. The Balaban J connectivity index is 1.77. The average molecular weight is 404 g/mol. The van der Waals surface area contributed by atoms with E-state index in [-0.39, 0.29) is 29.2 Å². The molecule has 0 radical (unpaired) electrons. The summed E-state index contributed by atoms with van der Waals surface area (Å²) in [5.74, 6) is 0.335. The van der Waals surface area contributed by atoms with Gasteiger partial charge in [0, 0.05) is 37.3 Å². The first-order valence-corrected chi connectivity index (χ1v) is 10.6. The Hall–Kier alpha value is -2.31. The molecule has 2 amide bonds. The first kappa shape index (κ1) is 21.4. The van der Waals surface area contributed by atoms with Crippen molar-refractivity contribution >= 4 is 12.0 Å². The molecule has 1 aromatic heterocycles. The van der Waals surface area contributed by atoms with Crippen molar-refractivity contribution in [3.05, 3.63) is 34.2 Å². The summed E-state index contributed by atoms with van der Waals surface area (Å²) in [7, 11) is 0. The van der Waals surface area contributed by atoms with Gasteiger partial charge in [-0.05, 0) is 45.1 Å². The second-order valence-electron chi connectivity index (χ2n) is 9.45. The standard InChI is InChI=1S/C22H33N3O4/c1-6-14(2)19(23-21(28)29-22(3,4)5)20(27)24-11-15-10-16(13-24)17-8-7-9-18(26)25(17)12-15/h7-9,14-16,19H,6,10-13H2,1-5H3,(H,23,28)/t14-,15-,16+,19+/m1/s1. The molecule has 3 rings (SSSR count). The molecule has 2 aliphatic rings. The number of piperidine rings is 1. The van der Waals surface area contributed by atoms with Crippen molar-refractivity contribution in [2.45, 2.75) is 71.6 Å². The van der Waals surface area contributed by atoms with Crippen LogP contribution >= 0.6 is 0 Å². The van der Waals surface area contributed by atoms with Crippen LogP contribution in [0.2, 0.25) is 0 Å². The summed E-state index contributed by atoms with van der Waals surface area (Å²) in [6.45, 7) is 11.2. The van der Waals surface area contributed by atoms with Crippen LogP contribution < -0.4 is 10.9 Å². The van der Waals surface area contributed by atoms with Crippen LogP contribution in [0.15, 0.2) is 23.0 Å². The Bertz CT molecular complexity index is 826. The van der Waals surface area contributed by atoms with Crippen molar-refractivity contribution in [3.63, 3.8) is 0 Å². The number of fused-ring (bicyclic) bond motifs is 4. The van der Waals surface area contributed by atoms with E-state index in [4.69, 9.17) is 4.74 Å². The molecular weight excluding hydrogens is 370 g/mol. The molecule has 0 saturated carbocycles. The van der Waals surface area contributed by atoms with Gasteiger partial charge in [0.2, 0.25) is 5.91 Å². The third kappa shape index (κ3) is 4.82. The Labute approximate surface area is 172 Å². The monoisotopic (exact) mass is 403 g/mol. The van der Waals surface area contributed by atoms with Crippen molar-refractivity contribution in [2.24, 2.45) is 11.8 Å². The number of carbonyl (C=O) groups excluding carboxylic acids is 2. The number of likely N-dealkylation sites (tertiary alicyclic amines) is 1. The van der Waals surface area contributed by atoms with E-state index in [0.29, 0.717) is 19.6 Å². The van der Waals surface area contributed by atoms with Crippen molar-refractivity contribution in [1.82, 2.24) is 14.8 Å². The van der Waals surface area contributed by atoms with E-state index in [1.54, 1.807) is 32.9 Å². The number of nitrogens with zero attached hydrogens (tertiary/aromatic N) is 2. The third-order valence-corrected chi connectivity index (χ3v) is 5.94. The lowest BCUT2D eigenvalue weighted by Crippen LogP contribution is -2.57. The first-order chi connectivity index (χ1) is 13.6. The van der Waals surface area contributed by atoms with Crippen LogP contribution in [0.4, 0.5) is 4.79 Å². The molecule has 1 N–H and O–H groups in total. The van der Waals surface area contributed by atoms with E-state index in [9.17, 15) is 14.4 Å². The molecule has 7 heteroatoms. The minimum Gasteiger partial charge on any atom is -0.444 e. The van der Waals surface area contributed by atoms with Gasteiger partial charge in [0.25, 0.3) is 5.56 Å². The molecule has 0 aliphatic carbocycles. The van der Waals surface area contributed by atoms with E-state index in [1.807, 2.05) is 29.4 Å². The normalized spacial score (nSPS) is 23.0. The van der Waals surface area contributed by atoms with Gasteiger partial charge in [-0.25, -0.2) is 4.79 Å². The van der Waals surface area contributed by atoms with Gasteiger partial charge >= 0.3 is 6.09 Å². The lowest BCUT2D eigenvalue weighted by Gasteiger charge is -2.44. The molecule has 0 spiro atoms. The summed E-state index contributed by atoms with van der Waals surface area (Å²) >= 11 is 0. The van der Waals surface area contributed by atoms with Gasteiger partial charge in [-0.3, -0.25) is 9.59 Å². The lowest BCUT2D eigenvalue weighted by molar-refractivity contribution is -0.137. The number of nitrogens with one attached hydrogen (secondary N) is 1. The minimum absolute atomic E-state index is 0.00769. The molecule has 160 valence electrons. The van der Waals surface area contributed by atoms with Gasteiger partial charge in [-0.2, -0.15) is 0 Å². The third-order valence-electron chi connectivity index (χ3n) is 5.94. The number of rotatable bonds is 4.